The molecule has 1 aromatic heterocycles. The summed E-state index contributed by atoms with van der Waals surface area (Å²) in [6.07, 6.45) is 13.8. The number of benzene rings is 2. The van der Waals surface area contributed by atoms with Gasteiger partial charge in [0, 0.05) is 43.2 Å². The van der Waals surface area contributed by atoms with Gasteiger partial charge in [-0.15, -0.1) is 34.9 Å². The van der Waals surface area contributed by atoms with Crippen LogP contribution in [0.2, 0.25) is 0 Å². The van der Waals surface area contributed by atoms with E-state index in [0.29, 0.717) is 5.92 Å². The Morgan fingerprint density at radius 1 is 0.896 bits per heavy atom. The Morgan fingerprint density at radius 2 is 1.48 bits per heavy atom. The van der Waals surface area contributed by atoms with Crippen molar-refractivity contribution in [2.75, 3.05) is 0 Å². The molecule has 1 aliphatic carbocycles. The van der Waals surface area contributed by atoms with Gasteiger partial charge in [0.25, 0.3) is 0 Å². The third-order valence-corrected chi connectivity index (χ3v) is 11.7. The zero-order chi connectivity index (χ0) is 35.2. The van der Waals surface area contributed by atoms with E-state index in [4.69, 9.17) is 4.98 Å². The molecule has 1 aliphatic rings. The molecule has 1 N–H and O–H groups in total. The molecule has 1 unspecified atom stereocenters. The molecule has 0 saturated heterocycles. The monoisotopic (exact) mass is 831 g/mol. The molecular formula is C44H64IrNO2-. The number of carbonyl (C=O) groups is 1. The van der Waals surface area contributed by atoms with Gasteiger partial charge in [-0.3, -0.25) is 4.79 Å². The average molecular weight is 831 g/mol. The smallest absolute Gasteiger partial charge is 0.164 e. The van der Waals surface area contributed by atoms with Gasteiger partial charge < -0.3 is 10.1 Å². The molecule has 267 valence electrons. The van der Waals surface area contributed by atoms with E-state index >= 15 is 0 Å². The van der Waals surface area contributed by atoms with Crippen molar-refractivity contribution in [2.45, 2.75) is 152 Å². The van der Waals surface area contributed by atoms with Crippen LogP contribution in [0.25, 0.3) is 22.0 Å². The van der Waals surface area contributed by atoms with Gasteiger partial charge in [0.1, 0.15) is 5.76 Å². The van der Waals surface area contributed by atoms with E-state index in [1.807, 2.05) is 47.7 Å². The van der Waals surface area contributed by atoms with Crippen molar-refractivity contribution in [3.63, 3.8) is 0 Å². The van der Waals surface area contributed by atoms with E-state index in [0.717, 1.165) is 42.9 Å². The number of allylic oxidation sites excluding steroid dienone is 2. The fourth-order valence-corrected chi connectivity index (χ4v) is 6.76. The molecule has 1 fully saturated rings. The number of fused-ring (bicyclic) bond motifs is 1. The van der Waals surface area contributed by atoms with E-state index in [1.54, 1.807) is 0 Å². The molecule has 48 heavy (non-hydrogen) atoms. The minimum Gasteiger partial charge on any atom is -0.512 e. The van der Waals surface area contributed by atoms with Crippen LogP contribution in [0.15, 0.2) is 48.4 Å². The number of aryl methyl sites for hydroxylation is 2. The number of nitrogens with zero attached hydrogens (tertiary/aromatic N) is 1. The number of pyridine rings is 1. The standard InChI is InChI=1S/C29H36N.C15H28O2.Ir/c1-19-14-24(16-25(15-19)29(4,5)6)28-26-13-12-23(17-27(26)20(2)18-30-28)21(3)22-10-8-7-9-11-22;1-7-14(5,8-2)12(16)11-13(17)15(6,9-3)10-4;/h12-13,15-18,21-22H,7-11H2,1-6H3;11,16H,7-10H2,1-6H3;/q-1;;/b;12-11-;. The Bertz CT molecular complexity index is 1530. The first-order valence-corrected chi connectivity index (χ1v) is 18.4. The maximum Gasteiger partial charge on any atom is 0.164 e. The number of hydrogen-bond donors (Lipinski definition) is 1. The van der Waals surface area contributed by atoms with Crippen molar-refractivity contribution in [2.24, 2.45) is 16.7 Å². The molecule has 1 atom stereocenters. The predicted molar refractivity (Wildman–Crippen MR) is 202 cm³/mol. The van der Waals surface area contributed by atoms with Crippen LogP contribution in [-0.2, 0) is 30.3 Å². The fourth-order valence-electron chi connectivity index (χ4n) is 6.76. The topological polar surface area (TPSA) is 50.2 Å². The Kier molecular flexibility index (Phi) is 15.3. The van der Waals surface area contributed by atoms with Crippen LogP contribution in [-0.4, -0.2) is 15.9 Å². The minimum atomic E-state index is -0.337. The average Bonchev–Trinajstić information content (AvgIpc) is 3.07. The van der Waals surface area contributed by atoms with Gasteiger partial charge in [-0.05, 0) is 90.3 Å². The summed E-state index contributed by atoms with van der Waals surface area (Å²) < 4.78 is 0. The molecule has 0 amide bonds. The van der Waals surface area contributed by atoms with E-state index in [9.17, 15) is 9.90 Å². The van der Waals surface area contributed by atoms with Crippen LogP contribution in [0, 0.1) is 36.7 Å². The number of hydrogen-bond acceptors (Lipinski definition) is 3. The Morgan fingerprint density at radius 3 is 2.02 bits per heavy atom. The fraction of sp³-hybridized carbons (Fsp3) is 0.591. The first-order chi connectivity index (χ1) is 22.0. The summed E-state index contributed by atoms with van der Waals surface area (Å²) in [4.78, 5) is 17.1. The quantitative estimate of drug-likeness (QED) is 0.126. The van der Waals surface area contributed by atoms with Gasteiger partial charge in [-0.1, -0.05) is 114 Å². The number of aliphatic hydroxyl groups is 1. The Hall–Kier alpha value is -2.29. The van der Waals surface area contributed by atoms with Crippen molar-refractivity contribution >= 4 is 16.6 Å². The van der Waals surface area contributed by atoms with Crippen molar-refractivity contribution in [1.82, 2.24) is 4.98 Å². The van der Waals surface area contributed by atoms with E-state index in [1.165, 1.54) is 71.2 Å². The van der Waals surface area contributed by atoms with Gasteiger partial charge in [0.05, 0.1) is 0 Å². The maximum absolute atomic E-state index is 12.2. The number of carbonyl (C=O) groups excluding carboxylic acids is 1. The molecule has 4 heteroatoms. The second-order valence-corrected chi connectivity index (χ2v) is 15.9. The summed E-state index contributed by atoms with van der Waals surface area (Å²) in [5, 5.41) is 12.7. The van der Waals surface area contributed by atoms with Crippen LogP contribution >= 0.6 is 0 Å². The minimum absolute atomic E-state index is 0. The van der Waals surface area contributed by atoms with Crippen LogP contribution in [0.3, 0.4) is 0 Å². The predicted octanol–water partition coefficient (Wildman–Crippen LogP) is 12.9. The van der Waals surface area contributed by atoms with Crippen molar-refractivity contribution < 1.29 is 30.0 Å². The number of rotatable bonds is 10. The van der Waals surface area contributed by atoms with Gasteiger partial charge in [-0.2, -0.15) is 0 Å². The summed E-state index contributed by atoms with van der Waals surface area (Å²) in [5.41, 5.74) is 6.93. The van der Waals surface area contributed by atoms with Crippen LogP contribution < -0.4 is 0 Å². The van der Waals surface area contributed by atoms with Crippen molar-refractivity contribution in [1.29, 1.82) is 0 Å². The summed E-state index contributed by atoms with van der Waals surface area (Å²) in [6.45, 7) is 25.6. The molecular weight excluding hydrogens is 767 g/mol. The third-order valence-electron chi connectivity index (χ3n) is 11.7. The number of ketones is 1. The summed E-state index contributed by atoms with van der Waals surface area (Å²) in [7, 11) is 0. The largest absolute Gasteiger partial charge is 0.512 e. The first kappa shape index (κ1) is 41.9. The normalized spacial score (nSPS) is 15.4. The van der Waals surface area contributed by atoms with Crippen molar-refractivity contribution in [3.05, 3.63) is 76.7 Å². The van der Waals surface area contributed by atoms with E-state index in [-0.39, 0.29) is 47.9 Å². The molecule has 1 radical (unpaired) electrons. The molecule has 1 saturated carbocycles. The number of aromatic nitrogens is 1. The molecule has 2 aromatic carbocycles. The zero-order valence-electron chi connectivity index (χ0n) is 32.2. The molecule has 0 spiro atoms. The van der Waals surface area contributed by atoms with E-state index < -0.39 is 0 Å². The van der Waals surface area contributed by atoms with Crippen molar-refractivity contribution in [3.8, 4) is 11.3 Å². The van der Waals surface area contributed by atoms with Crippen LogP contribution in [0.4, 0.5) is 0 Å². The van der Waals surface area contributed by atoms with E-state index in [2.05, 4.69) is 77.9 Å². The maximum atomic E-state index is 12.2. The molecule has 0 aliphatic heterocycles. The van der Waals surface area contributed by atoms with Crippen LogP contribution in [0.5, 0.6) is 0 Å². The summed E-state index contributed by atoms with van der Waals surface area (Å²) in [5.74, 6) is 1.75. The number of aliphatic hydroxyl groups excluding tert-OH is 1. The van der Waals surface area contributed by atoms with Gasteiger partial charge >= 0.3 is 0 Å². The SMILES string of the molecule is CCC(C)(CC)C(=O)/C=C(\O)C(C)(CC)CC.Cc1[c-]c(-c2ncc(C)c3cc(C(C)C4CCCCC4)ccc23)cc(C(C)(C)C)c1.[Ir]. The molecule has 0 bridgehead atoms. The van der Waals surface area contributed by atoms with Crippen LogP contribution in [0.1, 0.15) is 155 Å². The summed E-state index contributed by atoms with van der Waals surface area (Å²) >= 11 is 0. The summed E-state index contributed by atoms with van der Waals surface area (Å²) in [6, 6.07) is 15.2. The molecule has 1 heterocycles. The first-order valence-electron chi connectivity index (χ1n) is 18.4. The molecule has 3 aromatic rings. The van der Waals surface area contributed by atoms with Gasteiger partial charge in [-0.25, -0.2) is 0 Å². The second kappa shape index (κ2) is 17.6. The Balaban J connectivity index is 0.000000384. The Labute approximate surface area is 307 Å². The zero-order valence-corrected chi connectivity index (χ0v) is 34.6. The van der Waals surface area contributed by atoms with Gasteiger partial charge in [0.15, 0.2) is 5.78 Å². The molecule has 4 rings (SSSR count). The molecule has 3 nitrogen and oxygen atoms in total. The third kappa shape index (κ3) is 9.91. The van der Waals surface area contributed by atoms with Gasteiger partial charge in [0.2, 0.25) is 0 Å². The second-order valence-electron chi connectivity index (χ2n) is 15.9.